The molecular formula is C13H16N4O3. The zero-order valence-electron chi connectivity index (χ0n) is 11.3. The number of rotatable bonds is 3. The zero-order chi connectivity index (χ0) is 13.9. The number of fused-ring (bicyclic) bond motifs is 1. The van der Waals surface area contributed by atoms with Gasteiger partial charge < -0.3 is 4.52 Å². The van der Waals surface area contributed by atoms with Crippen molar-refractivity contribution in [2.24, 2.45) is 11.8 Å². The molecule has 1 aliphatic carbocycles. The second-order valence-electron chi connectivity index (χ2n) is 5.96. The molecule has 0 unspecified atom stereocenters. The smallest absolute Gasteiger partial charge is 0.240 e. The maximum absolute atomic E-state index is 11.9. The molecule has 3 heterocycles. The minimum Gasteiger partial charge on any atom is -0.338 e. The normalized spacial score (nSPS) is 30.4. The summed E-state index contributed by atoms with van der Waals surface area (Å²) in [7, 11) is 1.56. The van der Waals surface area contributed by atoms with E-state index in [-0.39, 0.29) is 23.7 Å². The Balaban J connectivity index is 1.44. The van der Waals surface area contributed by atoms with Crippen LogP contribution in [0, 0.1) is 11.8 Å². The Hall–Kier alpha value is -1.76. The molecule has 7 nitrogen and oxygen atoms in total. The van der Waals surface area contributed by atoms with Crippen LogP contribution in [0.15, 0.2) is 4.52 Å². The lowest BCUT2D eigenvalue weighted by molar-refractivity contribution is -0.139. The van der Waals surface area contributed by atoms with Gasteiger partial charge in [0.05, 0.1) is 18.4 Å². The summed E-state index contributed by atoms with van der Waals surface area (Å²) in [4.78, 5) is 31.5. The molecule has 1 aromatic heterocycles. The van der Waals surface area contributed by atoms with Gasteiger partial charge in [-0.25, -0.2) is 0 Å². The third kappa shape index (κ3) is 1.76. The number of imide groups is 1. The number of amides is 2. The predicted octanol–water partition coefficient (Wildman–Crippen LogP) is -0.00640. The molecule has 0 N–H and O–H groups in total. The second-order valence-corrected chi connectivity index (χ2v) is 5.96. The maximum atomic E-state index is 11.9. The van der Waals surface area contributed by atoms with E-state index in [9.17, 15) is 9.59 Å². The highest BCUT2D eigenvalue weighted by Crippen LogP contribution is 2.38. The minimum atomic E-state index is -0.196. The quantitative estimate of drug-likeness (QED) is 0.723. The standard InChI is InChI=1S/C13H16N4O3/c1-16-12(18)8-4-17(5-9(8)13(16)19)6-10-14-11(15-20-10)7-2-3-7/h7-9H,2-6H2,1H3/t8-,9+. The fourth-order valence-electron chi connectivity index (χ4n) is 3.15. The van der Waals surface area contributed by atoms with Crippen LogP contribution < -0.4 is 0 Å². The highest BCUT2D eigenvalue weighted by Gasteiger charge is 2.51. The van der Waals surface area contributed by atoms with Crippen molar-refractivity contribution < 1.29 is 14.1 Å². The first kappa shape index (κ1) is 12.0. The van der Waals surface area contributed by atoms with Gasteiger partial charge in [-0.3, -0.25) is 19.4 Å². The Bertz CT molecular complexity index is 556. The lowest BCUT2D eigenvalue weighted by Gasteiger charge is -2.16. The average molecular weight is 276 g/mol. The third-order valence-electron chi connectivity index (χ3n) is 4.48. The monoisotopic (exact) mass is 276 g/mol. The van der Waals surface area contributed by atoms with Gasteiger partial charge in [0, 0.05) is 26.1 Å². The van der Waals surface area contributed by atoms with Crippen molar-refractivity contribution in [3.63, 3.8) is 0 Å². The van der Waals surface area contributed by atoms with Gasteiger partial charge in [-0.1, -0.05) is 5.16 Å². The molecule has 0 bridgehead atoms. The van der Waals surface area contributed by atoms with Gasteiger partial charge in [0.1, 0.15) is 0 Å². The first-order valence-corrected chi connectivity index (χ1v) is 6.99. The van der Waals surface area contributed by atoms with Gasteiger partial charge in [-0.15, -0.1) is 0 Å². The summed E-state index contributed by atoms with van der Waals surface area (Å²) >= 11 is 0. The first-order chi connectivity index (χ1) is 9.63. The lowest BCUT2D eigenvalue weighted by Crippen LogP contribution is -2.33. The number of carbonyl (C=O) groups is 2. The van der Waals surface area contributed by atoms with Crippen LogP contribution in [0.5, 0.6) is 0 Å². The van der Waals surface area contributed by atoms with Gasteiger partial charge >= 0.3 is 0 Å². The molecule has 1 aromatic rings. The van der Waals surface area contributed by atoms with Crippen molar-refractivity contribution >= 4 is 11.8 Å². The van der Waals surface area contributed by atoms with E-state index in [4.69, 9.17) is 4.52 Å². The highest BCUT2D eigenvalue weighted by atomic mass is 16.5. The number of likely N-dealkylation sites (tertiary alicyclic amines) is 2. The summed E-state index contributed by atoms with van der Waals surface area (Å²) in [6.07, 6.45) is 2.28. The molecule has 3 aliphatic rings. The van der Waals surface area contributed by atoms with Crippen LogP contribution >= 0.6 is 0 Å². The van der Waals surface area contributed by atoms with Crippen LogP contribution in [0.2, 0.25) is 0 Å². The first-order valence-electron chi connectivity index (χ1n) is 6.99. The van der Waals surface area contributed by atoms with Crippen LogP contribution in [0.3, 0.4) is 0 Å². The van der Waals surface area contributed by atoms with Gasteiger partial charge in [0.2, 0.25) is 17.7 Å². The number of hydrogen-bond donors (Lipinski definition) is 0. The lowest BCUT2D eigenvalue weighted by atomic mass is 10.00. The van der Waals surface area contributed by atoms with Crippen LogP contribution in [0.1, 0.15) is 30.5 Å². The SMILES string of the molecule is CN1C(=O)[C@H]2CN(Cc3nc(C4CC4)no3)C[C@H]2C1=O. The molecule has 2 saturated heterocycles. The van der Waals surface area contributed by atoms with Crippen LogP contribution in [-0.2, 0) is 16.1 Å². The number of nitrogens with zero attached hydrogens (tertiary/aromatic N) is 4. The largest absolute Gasteiger partial charge is 0.338 e. The maximum Gasteiger partial charge on any atom is 0.240 e. The fourth-order valence-corrected chi connectivity index (χ4v) is 3.15. The molecule has 2 atom stereocenters. The molecule has 0 aromatic carbocycles. The van der Waals surface area contributed by atoms with Crippen LogP contribution in [0.25, 0.3) is 0 Å². The molecule has 0 radical (unpaired) electrons. The summed E-state index contributed by atoms with van der Waals surface area (Å²) in [6, 6.07) is 0. The number of carbonyl (C=O) groups excluding carboxylic acids is 2. The van der Waals surface area contributed by atoms with Crippen molar-refractivity contribution in [1.82, 2.24) is 19.9 Å². The van der Waals surface area contributed by atoms with E-state index in [2.05, 4.69) is 15.0 Å². The molecule has 7 heteroatoms. The third-order valence-corrected chi connectivity index (χ3v) is 4.48. The van der Waals surface area contributed by atoms with E-state index in [1.165, 1.54) is 4.90 Å². The van der Waals surface area contributed by atoms with E-state index in [1.807, 2.05) is 0 Å². The van der Waals surface area contributed by atoms with E-state index in [1.54, 1.807) is 7.05 Å². The molecule has 20 heavy (non-hydrogen) atoms. The summed E-state index contributed by atoms with van der Waals surface area (Å²) in [6.45, 7) is 1.72. The summed E-state index contributed by atoms with van der Waals surface area (Å²) in [5.41, 5.74) is 0. The Morgan fingerprint density at radius 1 is 1.20 bits per heavy atom. The second kappa shape index (κ2) is 4.12. The molecule has 106 valence electrons. The summed E-state index contributed by atoms with van der Waals surface area (Å²) in [5, 5.41) is 3.98. The highest BCUT2D eigenvalue weighted by molar-refractivity contribution is 6.05. The molecule has 0 spiro atoms. The molecule has 3 fully saturated rings. The minimum absolute atomic E-state index is 0.0632. The Labute approximate surface area is 115 Å². The van der Waals surface area contributed by atoms with Crippen molar-refractivity contribution in [2.75, 3.05) is 20.1 Å². The Kier molecular flexibility index (Phi) is 2.47. The topological polar surface area (TPSA) is 79.5 Å². The molecule has 2 aliphatic heterocycles. The Morgan fingerprint density at radius 2 is 1.85 bits per heavy atom. The van der Waals surface area contributed by atoms with Crippen molar-refractivity contribution in [3.05, 3.63) is 11.7 Å². The van der Waals surface area contributed by atoms with Crippen molar-refractivity contribution in [3.8, 4) is 0 Å². The summed E-state index contributed by atoms with van der Waals surface area (Å²) in [5.74, 6) is 1.34. The van der Waals surface area contributed by atoms with Crippen LogP contribution in [0.4, 0.5) is 0 Å². The molecular weight excluding hydrogens is 260 g/mol. The predicted molar refractivity (Wildman–Crippen MR) is 66.3 cm³/mol. The van der Waals surface area contributed by atoms with Gasteiger partial charge in [-0.2, -0.15) is 4.98 Å². The van der Waals surface area contributed by atoms with Gasteiger partial charge in [-0.05, 0) is 12.8 Å². The van der Waals surface area contributed by atoms with Gasteiger partial charge in [0.25, 0.3) is 0 Å². The van der Waals surface area contributed by atoms with E-state index < -0.39 is 0 Å². The Morgan fingerprint density at radius 3 is 2.45 bits per heavy atom. The van der Waals surface area contributed by atoms with Crippen molar-refractivity contribution in [2.45, 2.75) is 25.3 Å². The van der Waals surface area contributed by atoms with E-state index >= 15 is 0 Å². The van der Waals surface area contributed by atoms with E-state index in [0.29, 0.717) is 31.4 Å². The van der Waals surface area contributed by atoms with Crippen LogP contribution in [-0.4, -0.2) is 51.9 Å². The molecule has 2 amide bonds. The van der Waals surface area contributed by atoms with Gasteiger partial charge in [0.15, 0.2) is 5.82 Å². The zero-order valence-corrected chi connectivity index (χ0v) is 11.3. The summed E-state index contributed by atoms with van der Waals surface area (Å²) < 4.78 is 5.24. The molecule has 1 saturated carbocycles. The fraction of sp³-hybridized carbons (Fsp3) is 0.692. The van der Waals surface area contributed by atoms with E-state index in [0.717, 1.165) is 18.7 Å². The molecule has 4 rings (SSSR count). The van der Waals surface area contributed by atoms with Crippen molar-refractivity contribution in [1.29, 1.82) is 0 Å². The number of hydrogen-bond acceptors (Lipinski definition) is 6. The number of aromatic nitrogens is 2. The average Bonchev–Trinajstić information content (AvgIpc) is 2.99.